The minimum absolute atomic E-state index is 0.200. The topological polar surface area (TPSA) is 127 Å². The van der Waals surface area contributed by atoms with Gasteiger partial charge in [-0.2, -0.15) is 17.0 Å². The summed E-state index contributed by atoms with van der Waals surface area (Å²) in [6.07, 6.45) is 1.82. The van der Waals surface area contributed by atoms with E-state index < -0.39 is 25.4 Å². The SMILES string of the molecule is CC(C)O/N=C(\CN(C1CC1)S(=O)(=O)c1ncn(S(=O)(=O)N(C)C)n1)c1cccc(Cl)c1Cl. The Labute approximate surface area is 203 Å². The van der Waals surface area contributed by atoms with E-state index in [0.717, 1.165) is 10.6 Å². The lowest BCUT2D eigenvalue weighted by molar-refractivity contribution is 0.0854. The third-order valence-electron chi connectivity index (χ3n) is 4.58. The second kappa shape index (κ2) is 9.84. The summed E-state index contributed by atoms with van der Waals surface area (Å²) in [5.74, 6) is 0. The Morgan fingerprint density at radius 3 is 2.48 bits per heavy atom. The van der Waals surface area contributed by atoms with E-state index in [1.54, 1.807) is 32.0 Å². The third kappa shape index (κ3) is 5.66. The molecule has 1 aromatic heterocycles. The summed E-state index contributed by atoms with van der Waals surface area (Å²) in [4.78, 5) is 9.14. The first-order chi connectivity index (χ1) is 15.4. The summed E-state index contributed by atoms with van der Waals surface area (Å²) in [5, 5.41) is 7.71. The second-order valence-corrected chi connectivity index (χ2v) is 12.3. The van der Waals surface area contributed by atoms with Crippen molar-refractivity contribution in [3.05, 3.63) is 40.1 Å². The molecular weight excluding hydrogens is 515 g/mol. The average molecular weight is 539 g/mol. The normalized spacial score (nSPS) is 15.6. The van der Waals surface area contributed by atoms with E-state index in [2.05, 4.69) is 15.2 Å². The van der Waals surface area contributed by atoms with Gasteiger partial charge in [0.1, 0.15) is 18.1 Å². The zero-order chi connectivity index (χ0) is 24.6. The van der Waals surface area contributed by atoms with Crippen LogP contribution in [-0.2, 0) is 25.1 Å². The number of oxime groups is 1. The first kappa shape index (κ1) is 25.8. The van der Waals surface area contributed by atoms with Gasteiger partial charge in [-0.3, -0.25) is 0 Å². The number of hydrogen-bond acceptors (Lipinski definition) is 8. The predicted molar refractivity (Wildman–Crippen MR) is 124 cm³/mol. The van der Waals surface area contributed by atoms with Gasteiger partial charge in [0, 0.05) is 25.7 Å². The highest BCUT2D eigenvalue weighted by Gasteiger charge is 2.41. The predicted octanol–water partition coefficient (Wildman–Crippen LogP) is 2.22. The van der Waals surface area contributed by atoms with Crippen LogP contribution in [0.25, 0.3) is 0 Å². The lowest BCUT2D eigenvalue weighted by atomic mass is 10.1. The van der Waals surface area contributed by atoms with Crippen LogP contribution in [-0.4, -0.2) is 78.1 Å². The van der Waals surface area contributed by atoms with Crippen LogP contribution in [0.4, 0.5) is 0 Å². The van der Waals surface area contributed by atoms with E-state index >= 15 is 0 Å². The summed E-state index contributed by atoms with van der Waals surface area (Å²) in [7, 11) is -5.70. The molecule has 1 heterocycles. The Morgan fingerprint density at radius 2 is 1.91 bits per heavy atom. The van der Waals surface area contributed by atoms with Crippen molar-refractivity contribution >= 4 is 49.1 Å². The lowest BCUT2D eigenvalue weighted by Gasteiger charge is -2.21. The molecule has 182 valence electrons. The number of nitrogens with zero attached hydrogens (tertiary/aromatic N) is 6. The Kier molecular flexibility index (Phi) is 7.71. The van der Waals surface area contributed by atoms with Crippen molar-refractivity contribution in [2.45, 2.75) is 44.0 Å². The molecule has 3 rings (SSSR count). The molecule has 1 fully saturated rings. The number of rotatable bonds is 10. The maximum Gasteiger partial charge on any atom is 0.323 e. The van der Waals surface area contributed by atoms with Crippen molar-refractivity contribution in [3.8, 4) is 0 Å². The summed E-state index contributed by atoms with van der Waals surface area (Å²) in [6.45, 7) is 3.35. The van der Waals surface area contributed by atoms with E-state index in [0.29, 0.717) is 22.5 Å². The minimum Gasteiger partial charge on any atom is -0.393 e. The Hall–Kier alpha value is -1.77. The molecule has 2 aromatic rings. The van der Waals surface area contributed by atoms with Crippen LogP contribution in [0.1, 0.15) is 32.3 Å². The van der Waals surface area contributed by atoms with Crippen LogP contribution in [0, 0.1) is 0 Å². The minimum atomic E-state index is -4.27. The number of sulfonamides is 1. The molecule has 0 spiro atoms. The van der Waals surface area contributed by atoms with E-state index in [1.165, 1.54) is 18.4 Å². The van der Waals surface area contributed by atoms with Crippen molar-refractivity contribution in [2.75, 3.05) is 20.6 Å². The van der Waals surface area contributed by atoms with E-state index in [4.69, 9.17) is 28.0 Å². The van der Waals surface area contributed by atoms with Crippen LogP contribution in [0.5, 0.6) is 0 Å². The number of halogens is 2. The zero-order valence-corrected chi connectivity index (χ0v) is 21.5. The Morgan fingerprint density at radius 1 is 1.24 bits per heavy atom. The molecule has 0 saturated heterocycles. The van der Waals surface area contributed by atoms with Gasteiger partial charge in [0.2, 0.25) is 0 Å². The standard InChI is InChI=1S/C18H24Cl2N6O5S2/c1-12(2)31-23-16(14-6-5-7-15(19)17(14)20)10-25(13-8-9-13)32(27,28)18-21-11-26(22-18)33(29,30)24(3)4/h5-7,11-13H,8-10H2,1-4H3/b23-16+. The molecule has 0 N–H and O–H groups in total. The summed E-state index contributed by atoms with van der Waals surface area (Å²) in [5.41, 5.74) is 0.659. The number of aromatic nitrogens is 3. The summed E-state index contributed by atoms with van der Waals surface area (Å²) >= 11 is 12.5. The molecular formula is C18H24Cl2N6O5S2. The monoisotopic (exact) mass is 538 g/mol. The highest BCUT2D eigenvalue weighted by Crippen LogP contribution is 2.33. The van der Waals surface area contributed by atoms with Gasteiger partial charge in [-0.1, -0.05) is 40.5 Å². The second-order valence-electron chi connectivity index (χ2n) is 7.76. The molecule has 11 nitrogen and oxygen atoms in total. The molecule has 0 amide bonds. The van der Waals surface area contributed by atoms with Gasteiger partial charge >= 0.3 is 10.2 Å². The Balaban J connectivity index is 2.01. The van der Waals surface area contributed by atoms with Gasteiger partial charge in [-0.15, -0.1) is 9.19 Å². The van der Waals surface area contributed by atoms with Gasteiger partial charge in [-0.25, -0.2) is 13.4 Å². The van der Waals surface area contributed by atoms with Crippen molar-refractivity contribution in [3.63, 3.8) is 0 Å². The van der Waals surface area contributed by atoms with Gasteiger partial charge in [0.05, 0.1) is 16.6 Å². The van der Waals surface area contributed by atoms with Gasteiger partial charge in [-0.05, 0) is 32.8 Å². The molecule has 0 radical (unpaired) electrons. The van der Waals surface area contributed by atoms with Gasteiger partial charge in [0.15, 0.2) is 0 Å². The summed E-state index contributed by atoms with van der Waals surface area (Å²) in [6, 6.07) is 4.60. The largest absolute Gasteiger partial charge is 0.393 e. The van der Waals surface area contributed by atoms with E-state index in [-0.39, 0.29) is 34.4 Å². The number of hydrogen-bond donors (Lipinski definition) is 0. The van der Waals surface area contributed by atoms with Crippen LogP contribution in [0.3, 0.4) is 0 Å². The van der Waals surface area contributed by atoms with Crippen molar-refractivity contribution in [2.24, 2.45) is 5.16 Å². The first-order valence-corrected chi connectivity index (χ1v) is 13.5. The molecule has 33 heavy (non-hydrogen) atoms. The maximum atomic E-state index is 13.4. The van der Waals surface area contributed by atoms with Crippen molar-refractivity contribution < 1.29 is 21.7 Å². The fourth-order valence-corrected chi connectivity index (χ4v) is 5.34. The van der Waals surface area contributed by atoms with Crippen LogP contribution >= 0.6 is 23.2 Å². The molecule has 0 bridgehead atoms. The highest BCUT2D eigenvalue weighted by atomic mass is 35.5. The third-order valence-corrected chi connectivity index (χ3v) is 8.67. The fourth-order valence-electron chi connectivity index (χ4n) is 2.72. The van der Waals surface area contributed by atoms with Gasteiger partial charge in [0.25, 0.3) is 15.2 Å². The van der Waals surface area contributed by atoms with E-state index in [9.17, 15) is 16.8 Å². The zero-order valence-electron chi connectivity index (χ0n) is 18.4. The highest BCUT2D eigenvalue weighted by molar-refractivity contribution is 7.89. The van der Waals surface area contributed by atoms with Gasteiger partial charge < -0.3 is 4.84 Å². The molecule has 15 heteroatoms. The van der Waals surface area contributed by atoms with Crippen LogP contribution < -0.4 is 0 Å². The molecule has 1 aromatic carbocycles. The maximum absolute atomic E-state index is 13.4. The van der Waals surface area contributed by atoms with Crippen molar-refractivity contribution in [1.82, 2.24) is 22.8 Å². The Bertz CT molecular complexity index is 1260. The molecule has 0 unspecified atom stereocenters. The molecule has 1 aliphatic rings. The molecule has 1 aliphatic carbocycles. The van der Waals surface area contributed by atoms with Crippen LogP contribution in [0.2, 0.25) is 10.0 Å². The summed E-state index contributed by atoms with van der Waals surface area (Å²) < 4.78 is 54.0. The molecule has 0 atom stereocenters. The first-order valence-electron chi connectivity index (χ1n) is 9.89. The number of benzene rings is 1. The lowest BCUT2D eigenvalue weighted by Crippen LogP contribution is -2.39. The average Bonchev–Trinajstić information content (AvgIpc) is 3.42. The smallest absolute Gasteiger partial charge is 0.323 e. The van der Waals surface area contributed by atoms with E-state index in [1.807, 2.05) is 0 Å². The molecule has 0 aliphatic heterocycles. The molecule has 1 saturated carbocycles. The van der Waals surface area contributed by atoms with Crippen molar-refractivity contribution in [1.29, 1.82) is 0 Å². The van der Waals surface area contributed by atoms with Crippen LogP contribution in [0.15, 0.2) is 34.8 Å². The quantitative estimate of drug-likeness (QED) is 0.335. The fraction of sp³-hybridized carbons (Fsp3) is 0.500.